The summed E-state index contributed by atoms with van der Waals surface area (Å²) in [6, 6.07) is 4.82. The van der Waals surface area contributed by atoms with E-state index in [4.69, 9.17) is 10.5 Å². The molecule has 0 aromatic heterocycles. The second-order valence-electron chi connectivity index (χ2n) is 3.70. The van der Waals surface area contributed by atoms with E-state index in [1.165, 1.54) is 6.07 Å². The van der Waals surface area contributed by atoms with Crippen molar-refractivity contribution in [3.05, 3.63) is 35.1 Å². The van der Waals surface area contributed by atoms with Crippen LogP contribution in [-0.2, 0) is 11.3 Å². The molecular formula is C11H14FNO. The molecule has 14 heavy (non-hydrogen) atoms. The minimum atomic E-state index is -0.198. The zero-order chi connectivity index (χ0) is 10.1. The lowest BCUT2D eigenvalue weighted by Crippen LogP contribution is -2.30. The van der Waals surface area contributed by atoms with Crippen molar-refractivity contribution in [1.29, 1.82) is 0 Å². The van der Waals surface area contributed by atoms with E-state index < -0.39 is 0 Å². The van der Waals surface area contributed by atoms with E-state index in [1.807, 2.05) is 6.92 Å². The molecule has 1 aliphatic rings. The largest absolute Gasteiger partial charge is 0.373 e. The Labute approximate surface area is 82.9 Å². The monoisotopic (exact) mass is 195 g/mol. The lowest BCUT2D eigenvalue weighted by Gasteiger charge is -2.30. The van der Waals surface area contributed by atoms with Crippen LogP contribution in [0.2, 0.25) is 0 Å². The number of rotatable bonds is 1. The molecule has 0 saturated heterocycles. The van der Waals surface area contributed by atoms with Gasteiger partial charge in [-0.1, -0.05) is 6.07 Å². The summed E-state index contributed by atoms with van der Waals surface area (Å²) in [5.74, 6) is -0.0780. The van der Waals surface area contributed by atoms with Gasteiger partial charge in [-0.05, 0) is 30.2 Å². The zero-order valence-corrected chi connectivity index (χ0v) is 8.16. The van der Waals surface area contributed by atoms with Crippen LogP contribution in [0, 0.1) is 5.82 Å². The van der Waals surface area contributed by atoms with Gasteiger partial charge in [-0.15, -0.1) is 0 Å². The fourth-order valence-corrected chi connectivity index (χ4v) is 1.95. The number of ether oxygens (including phenoxy) is 1. The van der Waals surface area contributed by atoms with Crippen molar-refractivity contribution in [2.45, 2.75) is 25.6 Å². The van der Waals surface area contributed by atoms with Crippen molar-refractivity contribution in [1.82, 2.24) is 0 Å². The summed E-state index contributed by atoms with van der Waals surface area (Å²) in [6.45, 7) is 3.04. The Kier molecular flexibility index (Phi) is 2.52. The predicted molar refractivity (Wildman–Crippen MR) is 52.4 cm³/mol. The first-order valence-electron chi connectivity index (χ1n) is 4.82. The van der Waals surface area contributed by atoms with Gasteiger partial charge in [0.25, 0.3) is 0 Å². The van der Waals surface area contributed by atoms with E-state index in [9.17, 15) is 4.39 Å². The Morgan fingerprint density at radius 1 is 1.57 bits per heavy atom. The molecule has 0 spiro atoms. The van der Waals surface area contributed by atoms with Crippen molar-refractivity contribution in [3.8, 4) is 0 Å². The highest BCUT2D eigenvalue weighted by atomic mass is 19.1. The smallest absolute Gasteiger partial charge is 0.123 e. The summed E-state index contributed by atoms with van der Waals surface area (Å²) in [4.78, 5) is 0. The van der Waals surface area contributed by atoms with E-state index in [0.29, 0.717) is 13.2 Å². The standard InChI is InChI=1S/C11H14FNO/c1-7-11(5-13)10-4-9(12)3-2-8(10)6-14-7/h2-4,7,11H,5-6,13H2,1H3. The second kappa shape index (κ2) is 3.67. The Morgan fingerprint density at radius 3 is 3.07 bits per heavy atom. The van der Waals surface area contributed by atoms with Gasteiger partial charge in [-0.3, -0.25) is 0 Å². The van der Waals surface area contributed by atoms with Gasteiger partial charge in [0, 0.05) is 12.5 Å². The number of fused-ring (bicyclic) bond motifs is 1. The summed E-state index contributed by atoms with van der Waals surface area (Å²) in [5, 5.41) is 0. The SMILES string of the molecule is CC1OCc2ccc(F)cc2C1CN. The molecule has 0 saturated carbocycles. The topological polar surface area (TPSA) is 35.2 Å². The van der Waals surface area contributed by atoms with Crippen molar-refractivity contribution >= 4 is 0 Å². The summed E-state index contributed by atoms with van der Waals surface area (Å²) in [7, 11) is 0. The van der Waals surface area contributed by atoms with Crippen molar-refractivity contribution in [2.24, 2.45) is 5.73 Å². The Hall–Kier alpha value is -0.930. The minimum Gasteiger partial charge on any atom is -0.373 e. The first-order valence-corrected chi connectivity index (χ1v) is 4.82. The molecule has 1 aromatic rings. The Morgan fingerprint density at radius 2 is 2.36 bits per heavy atom. The van der Waals surface area contributed by atoms with Crippen LogP contribution in [0.25, 0.3) is 0 Å². The van der Waals surface area contributed by atoms with Crippen LogP contribution in [0.5, 0.6) is 0 Å². The van der Waals surface area contributed by atoms with E-state index in [-0.39, 0.29) is 17.8 Å². The lowest BCUT2D eigenvalue weighted by atomic mass is 9.88. The van der Waals surface area contributed by atoms with Crippen molar-refractivity contribution in [3.63, 3.8) is 0 Å². The highest BCUT2D eigenvalue weighted by Gasteiger charge is 2.26. The number of nitrogens with two attached hydrogens (primary N) is 1. The third-order valence-corrected chi connectivity index (χ3v) is 2.83. The molecule has 1 heterocycles. The van der Waals surface area contributed by atoms with Gasteiger partial charge in [0.15, 0.2) is 0 Å². The third-order valence-electron chi connectivity index (χ3n) is 2.83. The molecule has 3 heteroatoms. The first kappa shape index (κ1) is 9.62. The van der Waals surface area contributed by atoms with Gasteiger partial charge < -0.3 is 10.5 Å². The summed E-state index contributed by atoms with van der Waals surface area (Å²) < 4.78 is 18.6. The summed E-state index contributed by atoms with van der Waals surface area (Å²) >= 11 is 0. The molecule has 1 aliphatic heterocycles. The van der Waals surface area contributed by atoms with Crippen LogP contribution >= 0.6 is 0 Å². The third kappa shape index (κ3) is 1.53. The van der Waals surface area contributed by atoms with Gasteiger partial charge in [0.1, 0.15) is 5.82 Å². The zero-order valence-electron chi connectivity index (χ0n) is 8.16. The molecule has 2 rings (SSSR count). The van der Waals surface area contributed by atoms with E-state index in [1.54, 1.807) is 12.1 Å². The lowest BCUT2D eigenvalue weighted by molar-refractivity contribution is 0.0218. The predicted octanol–water partition coefficient (Wildman–Crippen LogP) is 1.79. The molecule has 0 aliphatic carbocycles. The summed E-state index contributed by atoms with van der Waals surface area (Å²) in [5.41, 5.74) is 7.72. The second-order valence-corrected chi connectivity index (χ2v) is 3.70. The van der Waals surface area contributed by atoms with E-state index in [2.05, 4.69) is 0 Å². The molecule has 0 bridgehead atoms. The molecule has 2 unspecified atom stereocenters. The molecule has 0 fully saturated rings. The molecule has 0 amide bonds. The maximum Gasteiger partial charge on any atom is 0.123 e. The maximum absolute atomic E-state index is 13.0. The normalized spacial score (nSPS) is 25.9. The first-order chi connectivity index (χ1) is 6.72. The van der Waals surface area contributed by atoms with Crippen LogP contribution < -0.4 is 5.73 Å². The molecule has 2 atom stereocenters. The maximum atomic E-state index is 13.0. The van der Waals surface area contributed by atoms with E-state index in [0.717, 1.165) is 11.1 Å². The van der Waals surface area contributed by atoms with Crippen LogP contribution in [0.4, 0.5) is 4.39 Å². The number of halogens is 1. The van der Waals surface area contributed by atoms with Gasteiger partial charge in [-0.2, -0.15) is 0 Å². The molecule has 0 radical (unpaired) electrons. The van der Waals surface area contributed by atoms with Gasteiger partial charge in [-0.25, -0.2) is 4.39 Å². The minimum absolute atomic E-state index is 0.0781. The van der Waals surface area contributed by atoms with Crippen molar-refractivity contribution < 1.29 is 9.13 Å². The molecule has 1 aromatic carbocycles. The van der Waals surface area contributed by atoms with Gasteiger partial charge in [0.2, 0.25) is 0 Å². The average Bonchev–Trinajstić information content (AvgIpc) is 2.17. The highest BCUT2D eigenvalue weighted by molar-refractivity contribution is 5.33. The molecule has 76 valence electrons. The number of benzene rings is 1. The van der Waals surface area contributed by atoms with Gasteiger partial charge in [0.05, 0.1) is 12.7 Å². The van der Waals surface area contributed by atoms with Gasteiger partial charge >= 0.3 is 0 Å². The fourth-order valence-electron chi connectivity index (χ4n) is 1.95. The Balaban J connectivity index is 2.43. The average molecular weight is 195 g/mol. The van der Waals surface area contributed by atoms with Crippen molar-refractivity contribution in [2.75, 3.05) is 6.54 Å². The van der Waals surface area contributed by atoms with Crippen LogP contribution in [0.15, 0.2) is 18.2 Å². The fraction of sp³-hybridized carbons (Fsp3) is 0.455. The van der Waals surface area contributed by atoms with E-state index >= 15 is 0 Å². The number of hydrogen-bond acceptors (Lipinski definition) is 2. The molecule has 2 nitrogen and oxygen atoms in total. The molecular weight excluding hydrogens is 181 g/mol. The van der Waals surface area contributed by atoms with Crippen LogP contribution in [0.1, 0.15) is 24.0 Å². The quantitative estimate of drug-likeness (QED) is 0.741. The highest BCUT2D eigenvalue weighted by Crippen LogP contribution is 2.30. The molecule has 2 N–H and O–H groups in total. The van der Waals surface area contributed by atoms with Crippen LogP contribution in [0.3, 0.4) is 0 Å². The Bertz CT molecular complexity index is 340. The number of hydrogen-bond donors (Lipinski definition) is 1. The van der Waals surface area contributed by atoms with Crippen LogP contribution in [-0.4, -0.2) is 12.6 Å². The summed E-state index contributed by atoms with van der Waals surface area (Å²) in [6.07, 6.45) is 0.0781.